The Balaban J connectivity index is 1.42. The molecule has 0 aliphatic carbocycles. The van der Waals surface area contributed by atoms with E-state index in [1.807, 2.05) is 42.2 Å². The van der Waals surface area contributed by atoms with Crippen molar-refractivity contribution >= 4 is 23.4 Å². The Morgan fingerprint density at radius 3 is 2.48 bits per heavy atom. The van der Waals surface area contributed by atoms with Gasteiger partial charge in [-0.15, -0.1) is 0 Å². The number of ether oxygens (including phenoxy) is 1. The average molecular weight is 422 g/mol. The Kier molecular flexibility index (Phi) is 5.92. The van der Waals surface area contributed by atoms with Crippen LogP contribution in [-0.4, -0.2) is 59.0 Å². The first-order valence-corrected chi connectivity index (χ1v) is 9.93. The normalized spacial score (nSPS) is 13.8. The first-order valence-electron chi connectivity index (χ1n) is 9.93. The molecule has 3 aromatic rings. The molecular formula is C22H23FN6O2. The minimum Gasteiger partial charge on any atom is -0.497 e. The molecule has 0 bridgehead atoms. The number of aromatic nitrogens is 3. The summed E-state index contributed by atoms with van der Waals surface area (Å²) in [6, 6.07) is 10.7. The lowest BCUT2D eigenvalue weighted by Crippen LogP contribution is -2.49. The topological polar surface area (TPSA) is 83.5 Å². The Morgan fingerprint density at radius 1 is 1.06 bits per heavy atom. The summed E-state index contributed by atoms with van der Waals surface area (Å²) < 4.78 is 18.6. The zero-order valence-corrected chi connectivity index (χ0v) is 17.4. The quantitative estimate of drug-likeness (QED) is 0.677. The van der Waals surface area contributed by atoms with Gasteiger partial charge in [-0.25, -0.2) is 9.37 Å². The van der Waals surface area contributed by atoms with Gasteiger partial charge in [-0.05, 0) is 37.3 Å². The number of piperazine rings is 1. The van der Waals surface area contributed by atoms with Gasteiger partial charge in [0.2, 0.25) is 5.95 Å². The third-order valence-electron chi connectivity index (χ3n) is 5.01. The maximum absolute atomic E-state index is 13.4. The van der Waals surface area contributed by atoms with E-state index in [-0.39, 0.29) is 11.5 Å². The molecule has 1 aromatic carbocycles. The molecule has 0 atom stereocenters. The summed E-state index contributed by atoms with van der Waals surface area (Å²) >= 11 is 0. The number of pyridine rings is 1. The van der Waals surface area contributed by atoms with E-state index >= 15 is 0 Å². The lowest BCUT2D eigenvalue weighted by molar-refractivity contribution is 0.0745. The molecule has 4 rings (SSSR count). The predicted octanol–water partition coefficient (Wildman–Crippen LogP) is 3.03. The van der Waals surface area contributed by atoms with Crippen LogP contribution in [0.4, 0.5) is 21.8 Å². The van der Waals surface area contributed by atoms with Gasteiger partial charge in [0.25, 0.3) is 5.91 Å². The van der Waals surface area contributed by atoms with Gasteiger partial charge in [0.1, 0.15) is 17.4 Å². The van der Waals surface area contributed by atoms with Crippen molar-refractivity contribution in [1.29, 1.82) is 0 Å². The van der Waals surface area contributed by atoms with Crippen molar-refractivity contribution in [3.8, 4) is 5.75 Å². The number of benzene rings is 1. The van der Waals surface area contributed by atoms with E-state index in [1.54, 1.807) is 12.0 Å². The standard InChI is InChI=1S/C22H23FN6O2/c1-15-11-20(26-18-3-5-19(31-2)6-4-18)27-22(25-15)29-9-7-28(8-10-29)21(30)16-12-17(23)14-24-13-16/h3-6,11-14H,7-10H2,1-2H3,(H,25,26,27). The van der Waals surface area contributed by atoms with E-state index in [9.17, 15) is 9.18 Å². The SMILES string of the molecule is COc1ccc(Nc2cc(C)nc(N3CCN(C(=O)c4cncc(F)c4)CC3)n2)cc1. The van der Waals surface area contributed by atoms with Gasteiger partial charge >= 0.3 is 0 Å². The largest absolute Gasteiger partial charge is 0.497 e. The number of halogens is 1. The van der Waals surface area contributed by atoms with Crippen molar-refractivity contribution in [2.45, 2.75) is 6.92 Å². The Bertz CT molecular complexity index is 1070. The number of nitrogens with one attached hydrogen (secondary N) is 1. The number of methoxy groups -OCH3 is 1. The molecule has 160 valence electrons. The number of carbonyl (C=O) groups is 1. The number of hydrogen-bond donors (Lipinski definition) is 1. The zero-order valence-electron chi connectivity index (χ0n) is 17.4. The van der Waals surface area contributed by atoms with Gasteiger partial charge in [-0.1, -0.05) is 0 Å². The molecule has 0 unspecified atom stereocenters. The molecule has 0 saturated carbocycles. The smallest absolute Gasteiger partial charge is 0.255 e. The Labute approximate surface area is 179 Å². The molecular weight excluding hydrogens is 399 g/mol. The number of rotatable bonds is 5. The Hall–Kier alpha value is -3.75. The van der Waals surface area contributed by atoms with Crippen LogP contribution in [-0.2, 0) is 0 Å². The van der Waals surface area contributed by atoms with Gasteiger partial charge in [0.15, 0.2) is 0 Å². The summed E-state index contributed by atoms with van der Waals surface area (Å²) in [6.07, 6.45) is 2.47. The minimum atomic E-state index is -0.519. The fraction of sp³-hybridized carbons (Fsp3) is 0.273. The molecule has 2 aromatic heterocycles. The van der Waals surface area contributed by atoms with Crippen LogP contribution in [0.25, 0.3) is 0 Å². The lowest BCUT2D eigenvalue weighted by atomic mass is 10.2. The highest BCUT2D eigenvalue weighted by Gasteiger charge is 2.24. The summed E-state index contributed by atoms with van der Waals surface area (Å²) in [5.74, 6) is 1.34. The number of carbonyl (C=O) groups excluding carboxylic acids is 1. The number of anilines is 3. The maximum atomic E-state index is 13.4. The number of aryl methyl sites for hydroxylation is 1. The fourth-order valence-electron chi connectivity index (χ4n) is 3.40. The number of hydrogen-bond acceptors (Lipinski definition) is 7. The third-order valence-corrected chi connectivity index (χ3v) is 5.01. The van der Waals surface area contributed by atoms with Crippen molar-refractivity contribution in [3.05, 3.63) is 65.9 Å². The molecule has 9 heteroatoms. The molecule has 1 aliphatic rings. The van der Waals surface area contributed by atoms with Gasteiger partial charge < -0.3 is 19.9 Å². The van der Waals surface area contributed by atoms with Crippen LogP contribution in [0.5, 0.6) is 5.75 Å². The third kappa shape index (κ3) is 4.88. The van der Waals surface area contributed by atoms with Crippen LogP contribution in [0.2, 0.25) is 0 Å². The van der Waals surface area contributed by atoms with Crippen LogP contribution in [0.15, 0.2) is 48.8 Å². The molecule has 8 nitrogen and oxygen atoms in total. The molecule has 3 heterocycles. The van der Waals surface area contributed by atoms with Gasteiger partial charge in [-0.3, -0.25) is 9.78 Å². The lowest BCUT2D eigenvalue weighted by Gasteiger charge is -2.35. The second kappa shape index (κ2) is 8.95. The van der Waals surface area contributed by atoms with E-state index in [1.165, 1.54) is 12.3 Å². The molecule has 1 saturated heterocycles. The van der Waals surface area contributed by atoms with Crippen LogP contribution < -0.4 is 15.0 Å². The zero-order chi connectivity index (χ0) is 21.8. The van der Waals surface area contributed by atoms with Gasteiger partial charge in [0.05, 0.1) is 18.9 Å². The van der Waals surface area contributed by atoms with Crippen molar-refractivity contribution in [2.75, 3.05) is 43.5 Å². The Morgan fingerprint density at radius 2 is 1.81 bits per heavy atom. The minimum absolute atomic E-state index is 0.223. The monoisotopic (exact) mass is 422 g/mol. The number of amides is 1. The summed E-state index contributed by atoms with van der Waals surface area (Å²) in [5, 5.41) is 3.29. The van der Waals surface area contributed by atoms with Crippen LogP contribution in [0, 0.1) is 12.7 Å². The summed E-state index contributed by atoms with van der Waals surface area (Å²) in [4.78, 5) is 29.3. The maximum Gasteiger partial charge on any atom is 0.255 e. The van der Waals surface area contributed by atoms with Crippen LogP contribution >= 0.6 is 0 Å². The first kappa shape index (κ1) is 20.5. The second-order valence-corrected chi connectivity index (χ2v) is 7.22. The highest BCUT2D eigenvalue weighted by atomic mass is 19.1. The highest BCUT2D eigenvalue weighted by Crippen LogP contribution is 2.22. The van der Waals surface area contributed by atoms with Gasteiger partial charge in [0, 0.05) is 49.8 Å². The van der Waals surface area contributed by atoms with Crippen molar-refractivity contribution in [2.24, 2.45) is 0 Å². The van der Waals surface area contributed by atoms with Gasteiger partial charge in [-0.2, -0.15) is 4.98 Å². The molecule has 1 N–H and O–H groups in total. The predicted molar refractivity (Wildman–Crippen MR) is 115 cm³/mol. The van der Waals surface area contributed by atoms with Crippen molar-refractivity contribution in [1.82, 2.24) is 19.9 Å². The summed E-state index contributed by atoms with van der Waals surface area (Å²) in [5.41, 5.74) is 1.99. The highest BCUT2D eigenvalue weighted by molar-refractivity contribution is 5.94. The fourth-order valence-corrected chi connectivity index (χ4v) is 3.40. The molecule has 1 aliphatic heterocycles. The average Bonchev–Trinajstić information content (AvgIpc) is 2.79. The van der Waals surface area contributed by atoms with Crippen molar-refractivity contribution in [3.63, 3.8) is 0 Å². The van der Waals surface area contributed by atoms with E-state index in [2.05, 4.69) is 20.3 Å². The van der Waals surface area contributed by atoms with E-state index in [4.69, 9.17) is 4.74 Å². The molecule has 1 fully saturated rings. The summed E-state index contributed by atoms with van der Waals surface area (Å²) in [7, 11) is 1.63. The summed E-state index contributed by atoms with van der Waals surface area (Å²) in [6.45, 7) is 4.07. The second-order valence-electron chi connectivity index (χ2n) is 7.22. The first-order chi connectivity index (χ1) is 15.0. The van der Waals surface area contributed by atoms with Crippen LogP contribution in [0.3, 0.4) is 0 Å². The molecule has 0 radical (unpaired) electrons. The van der Waals surface area contributed by atoms with E-state index in [0.29, 0.717) is 37.9 Å². The number of nitrogens with zero attached hydrogens (tertiary/aromatic N) is 5. The molecule has 31 heavy (non-hydrogen) atoms. The molecule has 0 spiro atoms. The van der Waals surface area contributed by atoms with Crippen LogP contribution in [0.1, 0.15) is 16.1 Å². The molecule has 1 amide bonds. The van der Waals surface area contributed by atoms with E-state index in [0.717, 1.165) is 23.3 Å². The van der Waals surface area contributed by atoms with Crippen molar-refractivity contribution < 1.29 is 13.9 Å². The van der Waals surface area contributed by atoms with E-state index < -0.39 is 5.82 Å².